The van der Waals surface area contributed by atoms with Gasteiger partial charge in [0, 0.05) is 12.5 Å². The molecule has 1 aromatic rings. The van der Waals surface area contributed by atoms with Crippen LogP contribution in [0.4, 0.5) is 0 Å². The summed E-state index contributed by atoms with van der Waals surface area (Å²) in [6.45, 7) is 1.73. The van der Waals surface area contributed by atoms with E-state index in [-0.39, 0.29) is 36.0 Å². The Labute approximate surface area is 236 Å². The average molecular weight is 570 g/mol. The molecule has 220 valence electrons. The van der Waals surface area contributed by atoms with Crippen molar-refractivity contribution in [2.45, 2.75) is 43.9 Å². The van der Waals surface area contributed by atoms with Crippen LogP contribution in [0.5, 0.6) is 5.75 Å². The van der Waals surface area contributed by atoms with Gasteiger partial charge in [0.15, 0.2) is 34.7 Å². The number of likely N-dealkylation sites (N-methyl/N-ethyl adjacent to an activating group) is 1. The number of amides is 1. The summed E-state index contributed by atoms with van der Waals surface area (Å²) in [5.74, 6) is -11.0. The second-order valence-corrected chi connectivity index (χ2v) is 12.0. The van der Waals surface area contributed by atoms with Crippen LogP contribution in [0.25, 0.3) is 0 Å². The summed E-state index contributed by atoms with van der Waals surface area (Å²) in [6, 6.07) is 1.99. The number of likely N-dealkylation sites (tertiary alicyclic amines) is 1. The van der Waals surface area contributed by atoms with Crippen molar-refractivity contribution in [2.75, 3.05) is 34.3 Å². The van der Waals surface area contributed by atoms with Gasteiger partial charge in [0.1, 0.15) is 5.75 Å². The highest BCUT2D eigenvalue weighted by Crippen LogP contribution is 2.51. The van der Waals surface area contributed by atoms with Gasteiger partial charge in [-0.25, -0.2) is 0 Å². The van der Waals surface area contributed by atoms with Crippen molar-refractivity contribution in [3.63, 3.8) is 0 Å². The standard InChI is InChI=1S/C29H35N3O9/c1-31(2)22-17-11-15-10-16-14(12-32-8-6-13(7-9-32)28(39)41-3)4-5-18(33)20(16)23(34)19(15)25(36)29(17,40)26(37)21(24(22)35)27(30)38/h4-5,13,15,17,19,21-22,33,40H,6-12H2,1-3H3,(H2,30,38)/t15-,17-,19?,21?,22-,29-/m0/s1. The normalized spacial score (nSPS) is 32.4. The number of fused-ring (bicyclic) bond motifs is 3. The van der Waals surface area contributed by atoms with Crippen molar-refractivity contribution in [1.82, 2.24) is 9.80 Å². The Morgan fingerprint density at radius 1 is 1.12 bits per heavy atom. The number of rotatable bonds is 5. The van der Waals surface area contributed by atoms with Gasteiger partial charge < -0.3 is 20.7 Å². The van der Waals surface area contributed by atoms with E-state index in [0.29, 0.717) is 38.0 Å². The Bertz CT molecular complexity index is 1350. The number of carbonyl (C=O) groups is 6. The summed E-state index contributed by atoms with van der Waals surface area (Å²) in [5, 5.41) is 22.4. The van der Waals surface area contributed by atoms with Gasteiger partial charge in [-0.2, -0.15) is 0 Å². The Balaban J connectivity index is 1.49. The van der Waals surface area contributed by atoms with E-state index in [9.17, 15) is 39.0 Å². The fraction of sp³-hybridized carbons (Fsp3) is 0.586. The van der Waals surface area contributed by atoms with E-state index in [1.165, 1.54) is 18.1 Å². The van der Waals surface area contributed by atoms with Gasteiger partial charge in [-0.05, 0) is 76.0 Å². The zero-order valence-electron chi connectivity index (χ0n) is 23.3. The zero-order chi connectivity index (χ0) is 30.0. The van der Waals surface area contributed by atoms with Gasteiger partial charge in [0.2, 0.25) is 5.91 Å². The summed E-state index contributed by atoms with van der Waals surface area (Å²) >= 11 is 0. The van der Waals surface area contributed by atoms with E-state index in [0.717, 1.165) is 5.56 Å². The molecule has 12 nitrogen and oxygen atoms in total. The molecule has 2 saturated carbocycles. The number of primary amides is 1. The number of hydrogen-bond donors (Lipinski definition) is 3. The average Bonchev–Trinajstić information content (AvgIpc) is 2.91. The van der Waals surface area contributed by atoms with Crippen molar-refractivity contribution in [2.24, 2.45) is 35.3 Å². The highest BCUT2D eigenvalue weighted by atomic mass is 16.5. The molecular weight excluding hydrogens is 534 g/mol. The molecule has 1 heterocycles. The quantitative estimate of drug-likeness (QED) is 0.299. The van der Waals surface area contributed by atoms with Gasteiger partial charge in [-0.1, -0.05) is 6.07 Å². The number of aromatic hydroxyl groups is 1. The maximum atomic E-state index is 13.9. The molecule has 5 rings (SSSR count). The van der Waals surface area contributed by atoms with E-state index in [4.69, 9.17) is 10.5 Å². The number of aliphatic hydroxyl groups is 1. The van der Waals surface area contributed by atoms with Gasteiger partial charge in [-0.3, -0.25) is 38.6 Å². The molecule has 12 heteroatoms. The number of phenols is 1. The minimum absolute atomic E-state index is 0.00349. The Kier molecular flexibility index (Phi) is 7.37. The fourth-order valence-electron chi connectivity index (χ4n) is 7.55. The first kappa shape index (κ1) is 29.0. The number of methoxy groups -OCH3 is 1. The number of Topliss-reactive ketones (excluding diaryl/α,β-unsaturated/α-hetero) is 4. The van der Waals surface area contributed by atoms with Crippen LogP contribution in [0.2, 0.25) is 0 Å². The molecule has 4 aliphatic rings. The topological polar surface area (TPSA) is 185 Å². The van der Waals surface area contributed by atoms with Crippen molar-refractivity contribution in [3.8, 4) is 5.75 Å². The number of ketones is 4. The number of nitrogens with two attached hydrogens (primary N) is 1. The summed E-state index contributed by atoms with van der Waals surface area (Å²) in [4.78, 5) is 82.0. The molecule has 1 saturated heterocycles. The second kappa shape index (κ2) is 10.4. The SMILES string of the molecule is COC(=O)C1CCN(Cc2ccc(O)c3c2C[C@H]2C[C@H]4[C@H](N(C)C)C(=O)C(C(N)=O)C(=O)[C@@]4(O)C(=O)C2C3=O)CC1. The van der Waals surface area contributed by atoms with Crippen LogP contribution in [0, 0.1) is 29.6 Å². The largest absolute Gasteiger partial charge is 0.507 e. The Morgan fingerprint density at radius 2 is 1.78 bits per heavy atom. The van der Waals surface area contributed by atoms with Crippen LogP contribution >= 0.6 is 0 Å². The van der Waals surface area contributed by atoms with Crippen LogP contribution < -0.4 is 5.73 Å². The van der Waals surface area contributed by atoms with Gasteiger partial charge in [0.05, 0.1) is 30.6 Å². The lowest BCUT2D eigenvalue weighted by atomic mass is 9.52. The van der Waals surface area contributed by atoms with Crippen LogP contribution in [0.15, 0.2) is 12.1 Å². The molecule has 2 unspecified atom stereocenters. The van der Waals surface area contributed by atoms with Crippen LogP contribution in [-0.4, -0.2) is 101 Å². The first-order valence-electron chi connectivity index (χ1n) is 13.8. The number of esters is 1. The van der Waals surface area contributed by atoms with Crippen molar-refractivity contribution >= 4 is 35.0 Å². The highest BCUT2D eigenvalue weighted by molar-refractivity contribution is 6.32. The molecule has 41 heavy (non-hydrogen) atoms. The molecule has 4 N–H and O–H groups in total. The van der Waals surface area contributed by atoms with Crippen molar-refractivity contribution in [1.29, 1.82) is 0 Å². The Hall–Kier alpha value is -3.48. The van der Waals surface area contributed by atoms with E-state index in [1.807, 2.05) is 0 Å². The lowest BCUT2D eigenvalue weighted by molar-refractivity contribution is -0.181. The first-order valence-corrected chi connectivity index (χ1v) is 13.8. The predicted octanol–water partition coefficient (Wildman–Crippen LogP) is -0.748. The maximum absolute atomic E-state index is 13.9. The monoisotopic (exact) mass is 569 g/mol. The minimum atomic E-state index is -2.74. The number of phenolic OH excluding ortho intramolecular Hbond substituents is 1. The number of piperidine rings is 1. The summed E-state index contributed by atoms with van der Waals surface area (Å²) < 4.78 is 4.86. The summed E-state index contributed by atoms with van der Waals surface area (Å²) in [7, 11) is 4.47. The molecule has 1 amide bonds. The van der Waals surface area contributed by atoms with Gasteiger partial charge in [0.25, 0.3) is 0 Å². The molecule has 0 bridgehead atoms. The molecule has 6 atom stereocenters. The Morgan fingerprint density at radius 3 is 2.37 bits per heavy atom. The third kappa shape index (κ3) is 4.39. The van der Waals surface area contributed by atoms with Crippen LogP contribution in [0.3, 0.4) is 0 Å². The van der Waals surface area contributed by atoms with Crippen molar-refractivity contribution < 1.29 is 43.7 Å². The fourth-order valence-corrected chi connectivity index (χ4v) is 7.55. The van der Waals surface area contributed by atoms with E-state index in [1.54, 1.807) is 20.2 Å². The number of nitrogens with zero attached hydrogens (tertiary/aromatic N) is 2. The lowest BCUT2D eigenvalue weighted by Crippen LogP contribution is -2.74. The van der Waals surface area contributed by atoms with E-state index < -0.39 is 64.4 Å². The molecule has 3 aliphatic carbocycles. The number of hydrogen-bond acceptors (Lipinski definition) is 11. The lowest BCUT2D eigenvalue weighted by Gasteiger charge is -2.52. The molecule has 1 aromatic carbocycles. The molecule has 0 radical (unpaired) electrons. The summed E-state index contributed by atoms with van der Waals surface area (Å²) in [5.41, 5.74) is 3.98. The van der Waals surface area contributed by atoms with E-state index >= 15 is 0 Å². The zero-order valence-corrected chi connectivity index (χ0v) is 23.3. The van der Waals surface area contributed by atoms with Gasteiger partial charge in [-0.15, -0.1) is 0 Å². The van der Waals surface area contributed by atoms with Crippen molar-refractivity contribution in [3.05, 3.63) is 28.8 Å². The molecule has 3 fully saturated rings. The highest BCUT2D eigenvalue weighted by Gasteiger charge is 2.69. The number of benzene rings is 1. The predicted molar refractivity (Wildman–Crippen MR) is 141 cm³/mol. The maximum Gasteiger partial charge on any atom is 0.308 e. The van der Waals surface area contributed by atoms with Crippen LogP contribution in [-0.2, 0) is 41.7 Å². The first-order chi connectivity index (χ1) is 19.3. The molecular formula is C29H35N3O9. The van der Waals surface area contributed by atoms with Crippen LogP contribution in [0.1, 0.15) is 40.7 Å². The smallest absolute Gasteiger partial charge is 0.308 e. The molecule has 0 spiro atoms. The third-order valence-corrected chi connectivity index (χ3v) is 9.56. The minimum Gasteiger partial charge on any atom is -0.507 e. The number of ether oxygens (including phenoxy) is 1. The third-order valence-electron chi connectivity index (χ3n) is 9.56. The van der Waals surface area contributed by atoms with Gasteiger partial charge >= 0.3 is 5.97 Å². The number of carbonyl (C=O) groups excluding carboxylic acids is 6. The van der Waals surface area contributed by atoms with E-state index in [2.05, 4.69) is 4.90 Å². The molecule has 0 aromatic heterocycles. The second-order valence-electron chi connectivity index (χ2n) is 12.0. The summed E-state index contributed by atoms with van der Waals surface area (Å²) in [6.07, 6.45) is 1.48. The molecule has 1 aliphatic heterocycles.